The maximum atomic E-state index is 5.29. The molecule has 98 valence electrons. The van der Waals surface area contributed by atoms with Gasteiger partial charge in [-0.1, -0.05) is 42.5 Å². The fraction of sp³-hybridized carbons (Fsp3) is 0.294. The Morgan fingerprint density at radius 1 is 0.895 bits per heavy atom. The SMILES string of the molecule is COC1CC(Nc2ccc(-c3ccccc3)cc2)C1. The second-order valence-electron chi connectivity index (χ2n) is 5.11. The van der Waals surface area contributed by atoms with Crippen molar-refractivity contribution in [2.75, 3.05) is 12.4 Å². The Labute approximate surface area is 114 Å². The van der Waals surface area contributed by atoms with Gasteiger partial charge in [-0.05, 0) is 36.1 Å². The molecule has 2 nitrogen and oxygen atoms in total. The lowest BCUT2D eigenvalue weighted by Gasteiger charge is -2.35. The zero-order valence-electron chi connectivity index (χ0n) is 11.2. The van der Waals surface area contributed by atoms with Crippen LogP contribution in [0.1, 0.15) is 12.8 Å². The molecule has 1 aliphatic rings. The van der Waals surface area contributed by atoms with Gasteiger partial charge in [0.2, 0.25) is 0 Å². The third kappa shape index (κ3) is 2.79. The fourth-order valence-electron chi connectivity index (χ4n) is 2.50. The third-order valence-corrected chi connectivity index (χ3v) is 3.79. The molecule has 0 radical (unpaired) electrons. The van der Waals surface area contributed by atoms with Gasteiger partial charge in [0, 0.05) is 18.8 Å². The van der Waals surface area contributed by atoms with E-state index in [1.54, 1.807) is 7.11 Å². The minimum absolute atomic E-state index is 0.445. The molecule has 0 unspecified atom stereocenters. The van der Waals surface area contributed by atoms with Gasteiger partial charge in [-0.2, -0.15) is 0 Å². The van der Waals surface area contributed by atoms with Gasteiger partial charge in [-0.25, -0.2) is 0 Å². The molecule has 1 N–H and O–H groups in total. The molecule has 1 saturated carbocycles. The Hall–Kier alpha value is -1.80. The largest absolute Gasteiger partial charge is 0.382 e. The minimum atomic E-state index is 0.445. The summed E-state index contributed by atoms with van der Waals surface area (Å²) in [6.45, 7) is 0. The van der Waals surface area contributed by atoms with E-state index in [1.807, 2.05) is 6.07 Å². The first-order valence-corrected chi connectivity index (χ1v) is 6.80. The van der Waals surface area contributed by atoms with Crippen LogP contribution in [0.4, 0.5) is 5.69 Å². The summed E-state index contributed by atoms with van der Waals surface area (Å²) in [5, 5.41) is 3.54. The first-order valence-electron chi connectivity index (χ1n) is 6.80. The average Bonchev–Trinajstić information content (AvgIpc) is 2.44. The number of hydrogen-bond acceptors (Lipinski definition) is 2. The molecule has 2 heteroatoms. The Morgan fingerprint density at radius 2 is 1.53 bits per heavy atom. The van der Waals surface area contributed by atoms with Crippen molar-refractivity contribution in [3.63, 3.8) is 0 Å². The van der Waals surface area contributed by atoms with Crippen LogP contribution in [0.25, 0.3) is 11.1 Å². The van der Waals surface area contributed by atoms with Crippen LogP contribution < -0.4 is 5.32 Å². The number of rotatable bonds is 4. The molecule has 2 aromatic carbocycles. The molecule has 3 rings (SSSR count). The highest BCUT2D eigenvalue weighted by Gasteiger charge is 2.28. The van der Waals surface area contributed by atoms with Gasteiger partial charge >= 0.3 is 0 Å². The Balaban J connectivity index is 1.63. The smallest absolute Gasteiger partial charge is 0.0610 e. The molecular formula is C17H19NO. The molecule has 0 atom stereocenters. The number of anilines is 1. The van der Waals surface area contributed by atoms with Crippen LogP contribution in [0, 0.1) is 0 Å². The second kappa shape index (κ2) is 5.45. The molecule has 0 saturated heterocycles. The highest BCUT2D eigenvalue weighted by atomic mass is 16.5. The summed E-state index contributed by atoms with van der Waals surface area (Å²) < 4.78 is 5.29. The van der Waals surface area contributed by atoms with E-state index in [2.05, 4.69) is 53.8 Å². The van der Waals surface area contributed by atoms with Crippen molar-refractivity contribution < 1.29 is 4.74 Å². The summed E-state index contributed by atoms with van der Waals surface area (Å²) in [5.41, 5.74) is 3.71. The van der Waals surface area contributed by atoms with Crippen LogP contribution in [0.2, 0.25) is 0 Å². The van der Waals surface area contributed by atoms with E-state index < -0.39 is 0 Å². The standard InChI is InChI=1S/C17H19NO/c1-19-17-11-16(12-17)18-15-9-7-14(8-10-15)13-5-3-2-4-6-13/h2-10,16-18H,11-12H2,1H3. The minimum Gasteiger partial charge on any atom is -0.382 e. The van der Waals surface area contributed by atoms with E-state index in [0.29, 0.717) is 12.1 Å². The number of hydrogen-bond donors (Lipinski definition) is 1. The number of benzene rings is 2. The predicted octanol–water partition coefficient (Wildman–Crippen LogP) is 3.94. The molecule has 0 bridgehead atoms. The van der Waals surface area contributed by atoms with Crippen molar-refractivity contribution in [3.05, 3.63) is 54.6 Å². The molecule has 0 spiro atoms. The molecule has 0 aromatic heterocycles. The normalized spacial score (nSPS) is 21.7. The monoisotopic (exact) mass is 253 g/mol. The second-order valence-corrected chi connectivity index (χ2v) is 5.11. The number of ether oxygens (including phenoxy) is 1. The molecular weight excluding hydrogens is 234 g/mol. The van der Waals surface area contributed by atoms with Gasteiger partial charge in [0.25, 0.3) is 0 Å². The van der Waals surface area contributed by atoms with Gasteiger partial charge in [-0.15, -0.1) is 0 Å². The van der Waals surface area contributed by atoms with Gasteiger partial charge in [0.05, 0.1) is 6.10 Å². The Kier molecular flexibility index (Phi) is 3.51. The lowest BCUT2D eigenvalue weighted by atomic mass is 9.89. The van der Waals surface area contributed by atoms with E-state index in [-0.39, 0.29) is 0 Å². The lowest BCUT2D eigenvalue weighted by Crippen LogP contribution is -2.40. The van der Waals surface area contributed by atoms with Crippen LogP contribution in [0.3, 0.4) is 0 Å². The number of methoxy groups -OCH3 is 1. The summed E-state index contributed by atoms with van der Waals surface area (Å²) in [7, 11) is 1.79. The first-order chi connectivity index (χ1) is 9.35. The molecule has 0 heterocycles. The van der Waals surface area contributed by atoms with E-state index in [0.717, 1.165) is 12.8 Å². The van der Waals surface area contributed by atoms with Crippen LogP contribution in [0.15, 0.2) is 54.6 Å². The summed E-state index contributed by atoms with van der Waals surface area (Å²) in [5.74, 6) is 0. The van der Waals surface area contributed by atoms with Crippen molar-refractivity contribution in [3.8, 4) is 11.1 Å². The van der Waals surface area contributed by atoms with E-state index in [4.69, 9.17) is 4.74 Å². The molecule has 1 fully saturated rings. The van der Waals surface area contributed by atoms with Crippen LogP contribution >= 0.6 is 0 Å². The quantitative estimate of drug-likeness (QED) is 0.891. The maximum Gasteiger partial charge on any atom is 0.0610 e. The van der Waals surface area contributed by atoms with Crippen molar-refractivity contribution >= 4 is 5.69 Å². The topological polar surface area (TPSA) is 21.3 Å². The first kappa shape index (κ1) is 12.2. The Bertz CT molecular complexity index is 515. The van der Waals surface area contributed by atoms with Gasteiger partial charge in [0.1, 0.15) is 0 Å². The van der Waals surface area contributed by atoms with Crippen molar-refractivity contribution in [1.82, 2.24) is 0 Å². The molecule has 1 aliphatic carbocycles. The van der Waals surface area contributed by atoms with Crippen molar-refractivity contribution in [1.29, 1.82) is 0 Å². The fourth-order valence-corrected chi connectivity index (χ4v) is 2.50. The van der Waals surface area contributed by atoms with Crippen molar-refractivity contribution in [2.45, 2.75) is 25.0 Å². The highest BCUT2D eigenvalue weighted by molar-refractivity contribution is 5.65. The lowest BCUT2D eigenvalue weighted by molar-refractivity contribution is 0.0329. The summed E-state index contributed by atoms with van der Waals surface area (Å²) in [4.78, 5) is 0. The molecule has 2 aromatic rings. The van der Waals surface area contributed by atoms with Crippen LogP contribution in [-0.4, -0.2) is 19.3 Å². The zero-order valence-corrected chi connectivity index (χ0v) is 11.2. The predicted molar refractivity (Wildman–Crippen MR) is 79.3 cm³/mol. The maximum absolute atomic E-state index is 5.29. The summed E-state index contributed by atoms with van der Waals surface area (Å²) in [6, 6.07) is 19.7. The third-order valence-electron chi connectivity index (χ3n) is 3.79. The van der Waals surface area contributed by atoms with Crippen molar-refractivity contribution in [2.24, 2.45) is 0 Å². The van der Waals surface area contributed by atoms with E-state index >= 15 is 0 Å². The van der Waals surface area contributed by atoms with Gasteiger partial charge < -0.3 is 10.1 Å². The molecule has 19 heavy (non-hydrogen) atoms. The van der Waals surface area contributed by atoms with Crippen LogP contribution in [0.5, 0.6) is 0 Å². The number of nitrogens with one attached hydrogen (secondary N) is 1. The summed E-state index contributed by atoms with van der Waals surface area (Å²) in [6.07, 6.45) is 2.66. The van der Waals surface area contributed by atoms with Crippen LogP contribution in [-0.2, 0) is 4.74 Å². The van der Waals surface area contributed by atoms with E-state index in [1.165, 1.54) is 16.8 Å². The van der Waals surface area contributed by atoms with E-state index in [9.17, 15) is 0 Å². The molecule has 0 amide bonds. The average molecular weight is 253 g/mol. The zero-order chi connectivity index (χ0) is 13.1. The highest BCUT2D eigenvalue weighted by Crippen LogP contribution is 2.27. The molecule has 0 aliphatic heterocycles. The van der Waals surface area contributed by atoms with Gasteiger partial charge in [0.15, 0.2) is 0 Å². The Morgan fingerprint density at radius 3 is 2.16 bits per heavy atom. The summed E-state index contributed by atoms with van der Waals surface area (Å²) >= 11 is 0. The van der Waals surface area contributed by atoms with Gasteiger partial charge in [-0.3, -0.25) is 0 Å².